The third-order valence-corrected chi connectivity index (χ3v) is 4.88. The SMILES string of the molecule is Cc1nc(SCC(=O)N2CCN(CCOc3ccccc3)CC2)n[nH]1. The highest BCUT2D eigenvalue weighted by molar-refractivity contribution is 7.99. The Morgan fingerprint density at radius 3 is 2.68 bits per heavy atom. The van der Waals surface area contributed by atoms with Gasteiger partial charge in [0.15, 0.2) is 0 Å². The molecule has 3 rings (SSSR count). The summed E-state index contributed by atoms with van der Waals surface area (Å²) in [5, 5.41) is 7.45. The molecule has 1 aromatic heterocycles. The molecule has 8 heteroatoms. The van der Waals surface area contributed by atoms with Gasteiger partial charge in [0.2, 0.25) is 11.1 Å². The van der Waals surface area contributed by atoms with Gasteiger partial charge in [0.1, 0.15) is 18.2 Å². The van der Waals surface area contributed by atoms with Gasteiger partial charge in [-0.15, -0.1) is 5.10 Å². The summed E-state index contributed by atoms with van der Waals surface area (Å²) < 4.78 is 5.73. The van der Waals surface area contributed by atoms with Crippen LogP contribution in [-0.4, -0.2) is 76.0 Å². The largest absolute Gasteiger partial charge is 0.492 e. The van der Waals surface area contributed by atoms with E-state index < -0.39 is 0 Å². The molecule has 0 saturated carbocycles. The van der Waals surface area contributed by atoms with Crippen molar-refractivity contribution in [2.45, 2.75) is 12.1 Å². The minimum absolute atomic E-state index is 0.146. The molecule has 1 fully saturated rings. The average Bonchev–Trinajstić information content (AvgIpc) is 3.06. The van der Waals surface area contributed by atoms with Gasteiger partial charge in [0, 0.05) is 32.7 Å². The Morgan fingerprint density at radius 1 is 1.24 bits per heavy atom. The van der Waals surface area contributed by atoms with Gasteiger partial charge in [0.25, 0.3) is 0 Å². The highest BCUT2D eigenvalue weighted by atomic mass is 32.2. The number of nitrogens with zero attached hydrogens (tertiary/aromatic N) is 4. The monoisotopic (exact) mass is 361 g/mol. The molecule has 0 unspecified atom stereocenters. The van der Waals surface area contributed by atoms with Gasteiger partial charge in [-0.2, -0.15) is 0 Å². The van der Waals surface area contributed by atoms with Gasteiger partial charge in [-0.3, -0.25) is 14.8 Å². The zero-order valence-electron chi connectivity index (χ0n) is 14.4. The summed E-state index contributed by atoms with van der Waals surface area (Å²) in [5.41, 5.74) is 0. The third kappa shape index (κ3) is 5.47. The molecule has 2 aromatic rings. The number of aromatic amines is 1. The summed E-state index contributed by atoms with van der Waals surface area (Å²) >= 11 is 1.38. The molecule has 1 aliphatic heterocycles. The van der Waals surface area contributed by atoms with Crippen LogP contribution in [0.5, 0.6) is 5.75 Å². The number of carbonyl (C=O) groups is 1. The van der Waals surface area contributed by atoms with E-state index in [0.29, 0.717) is 17.5 Å². The van der Waals surface area contributed by atoms with Crippen molar-refractivity contribution in [1.29, 1.82) is 0 Å². The van der Waals surface area contributed by atoms with Crippen LogP contribution < -0.4 is 4.74 Å². The molecule has 134 valence electrons. The van der Waals surface area contributed by atoms with Crippen molar-refractivity contribution in [3.63, 3.8) is 0 Å². The number of nitrogens with one attached hydrogen (secondary N) is 1. The van der Waals surface area contributed by atoms with Crippen LogP contribution >= 0.6 is 11.8 Å². The van der Waals surface area contributed by atoms with Crippen molar-refractivity contribution < 1.29 is 9.53 Å². The zero-order valence-corrected chi connectivity index (χ0v) is 15.2. The molecule has 0 spiro atoms. The summed E-state index contributed by atoms with van der Waals surface area (Å²) in [6.07, 6.45) is 0. The van der Waals surface area contributed by atoms with Gasteiger partial charge in [0.05, 0.1) is 5.75 Å². The van der Waals surface area contributed by atoms with Crippen LogP contribution in [0.1, 0.15) is 5.82 Å². The molecule has 1 aromatic carbocycles. The Kier molecular flexibility index (Phi) is 6.30. The van der Waals surface area contributed by atoms with Crippen molar-refractivity contribution in [2.75, 3.05) is 45.1 Å². The first-order valence-electron chi connectivity index (χ1n) is 8.40. The number of rotatable bonds is 7. The topological polar surface area (TPSA) is 74.3 Å². The number of aromatic nitrogens is 3. The van der Waals surface area contributed by atoms with E-state index in [0.717, 1.165) is 44.3 Å². The Morgan fingerprint density at radius 2 is 2.00 bits per heavy atom. The van der Waals surface area contributed by atoms with Crippen LogP contribution in [0.15, 0.2) is 35.5 Å². The first kappa shape index (κ1) is 17.8. The van der Waals surface area contributed by atoms with E-state index in [9.17, 15) is 4.79 Å². The van der Waals surface area contributed by atoms with E-state index in [1.165, 1.54) is 11.8 Å². The number of H-pyrrole nitrogens is 1. The highest BCUT2D eigenvalue weighted by Crippen LogP contribution is 2.14. The summed E-state index contributed by atoms with van der Waals surface area (Å²) in [6.45, 7) is 6.68. The molecule has 2 heterocycles. The van der Waals surface area contributed by atoms with Crippen molar-refractivity contribution in [2.24, 2.45) is 0 Å². The van der Waals surface area contributed by atoms with Crippen LogP contribution in [-0.2, 0) is 4.79 Å². The molecular weight excluding hydrogens is 338 g/mol. The quantitative estimate of drug-likeness (QED) is 0.752. The van der Waals surface area contributed by atoms with Crippen LogP contribution in [0.25, 0.3) is 0 Å². The second-order valence-corrected chi connectivity index (χ2v) is 6.82. The highest BCUT2D eigenvalue weighted by Gasteiger charge is 2.21. The number of amides is 1. The predicted octanol–water partition coefficient (Wildman–Crippen LogP) is 1.43. The maximum Gasteiger partial charge on any atom is 0.233 e. The lowest BCUT2D eigenvalue weighted by atomic mass is 10.3. The van der Waals surface area contributed by atoms with Crippen LogP contribution in [0.4, 0.5) is 0 Å². The number of para-hydroxylation sites is 1. The number of aryl methyl sites for hydroxylation is 1. The number of carbonyl (C=O) groups excluding carboxylic acids is 1. The van der Waals surface area contributed by atoms with Crippen molar-refractivity contribution >= 4 is 17.7 Å². The molecule has 0 aliphatic carbocycles. The molecule has 0 bridgehead atoms. The zero-order chi connectivity index (χ0) is 17.5. The van der Waals surface area contributed by atoms with Crippen molar-refractivity contribution in [1.82, 2.24) is 25.0 Å². The summed E-state index contributed by atoms with van der Waals surface area (Å²) in [5.74, 6) is 2.19. The van der Waals surface area contributed by atoms with E-state index in [1.54, 1.807) is 0 Å². The average molecular weight is 361 g/mol. The third-order valence-electron chi connectivity index (χ3n) is 4.05. The number of piperazine rings is 1. The van der Waals surface area contributed by atoms with E-state index in [1.807, 2.05) is 42.2 Å². The molecule has 7 nitrogen and oxygen atoms in total. The van der Waals surface area contributed by atoms with E-state index >= 15 is 0 Å². The fourth-order valence-electron chi connectivity index (χ4n) is 2.63. The fraction of sp³-hybridized carbons (Fsp3) is 0.471. The Hall–Kier alpha value is -2.06. The van der Waals surface area contributed by atoms with Crippen LogP contribution in [0.2, 0.25) is 0 Å². The number of benzene rings is 1. The summed E-state index contributed by atoms with van der Waals surface area (Å²) in [6, 6.07) is 9.84. The minimum atomic E-state index is 0.146. The standard InChI is InChI=1S/C17H23N5O2S/c1-14-18-17(20-19-14)25-13-16(23)22-9-7-21(8-10-22)11-12-24-15-5-3-2-4-6-15/h2-6H,7-13H2,1H3,(H,18,19,20). The lowest BCUT2D eigenvalue weighted by Crippen LogP contribution is -2.50. The molecule has 1 saturated heterocycles. The van der Waals surface area contributed by atoms with Crippen molar-refractivity contribution in [3.05, 3.63) is 36.2 Å². The number of hydrogen-bond donors (Lipinski definition) is 1. The van der Waals surface area contributed by atoms with Gasteiger partial charge in [-0.25, -0.2) is 4.98 Å². The second-order valence-electron chi connectivity index (χ2n) is 5.88. The molecular formula is C17H23N5O2S. The lowest BCUT2D eigenvalue weighted by molar-refractivity contribution is -0.130. The van der Waals surface area contributed by atoms with Gasteiger partial charge in [-0.05, 0) is 19.1 Å². The van der Waals surface area contributed by atoms with Gasteiger partial charge in [-0.1, -0.05) is 30.0 Å². The molecule has 25 heavy (non-hydrogen) atoms. The van der Waals surface area contributed by atoms with Crippen LogP contribution in [0, 0.1) is 6.92 Å². The Bertz CT molecular complexity index is 671. The maximum atomic E-state index is 12.3. The maximum absolute atomic E-state index is 12.3. The molecule has 1 amide bonds. The lowest BCUT2D eigenvalue weighted by Gasteiger charge is -2.34. The number of ether oxygens (including phenoxy) is 1. The van der Waals surface area contributed by atoms with Crippen molar-refractivity contribution in [3.8, 4) is 5.75 Å². The molecule has 0 radical (unpaired) electrons. The first-order chi connectivity index (χ1) is 12.2. The van der Waals surface area contributed by atoms with Gasteiger partial charge >= 0.3 is 0 Å². The molecule has 0 atom stereocenters. The van der Waals surface area contributed by atoms with E-state index in [-0.39, 0.29) is 5.91 Å². The second kappa shape index (κ2) is 8.87. The normalized spacial score (nSPS) is 15.3. The smallest absolute Gasteiger partial charge is 0.233 e. The first-order valence-corrected chi connectivity index (χ1v) is 9.39. The molecule has 1 aliphatic rings. The van der Waals surface area contributed by atoms with Gasteiger partial charge < -0.3 is 9.64 Å². The summed E-state index contributed by atoms with van der Waals surface area (Å²) in [4.78, 5) is 20.7. The number of thioether (sulfide) groups is 1. The molecule has 1 N–H and O–H groups in total. The minimum Gasteiger partial charge on any atom is -0.492 e. The fourth-order valence-corrected chi connectivity index (χ4v) is 3.38. The van der Waals surface area contributed by atoms with Crippen LogP contribution in [0.3, 0.4) is 0 Å². The van der Waals surface area contributed by atoms with E-state index in [4.69, 9.17) is 4.74 Å². The summed E-state index contributed by atoms with van der Waals surface area (Å²) in [7, 11) is 0. The Labute approximate surface area is 151 Å². The van der Waals surface area contributed by atoms with E-state index in [2.05, 4.69) is 20.1 Å². The predicted molar refractivity (Wildman–Crippen MR) is 96.8 cm³/mol. The number of hydrogen-bond acceptors (Lipinski definition) is 6. The Balaban J connectivity index is 1.33.